The molecule has 17 heavy (non-hydrogen) atoms. The number of hydrogen-bond acceptors (Lipinski definition) is 3. The van der Waals surface area contributed by atoms with E-state index in [9.17, 15) is 0 Å². The lowest BCUT2D eigenvalue weighted by Crippen LogP contribution is -2.31. The third-order valence-electron chi connectivity index (χ3n) is 3.11. The number of aryl methyl sites for hydroxylation is 1. The molecule has 1 aromatic heterocycles. The maximum absolute atomic E-state index is 5.51. The molecule has 4 heteroatoms. The molecular formula is C13H19BrN2O. The van der Waals surface area contributed by atoms with E-state index in [1.54, 1.807) is 0 Å². The van der Waals surface area contributed by atoms with Crippen molar-refractivity contribution in [1.82, 2.24) is 4.98 Å². The van der Waals surface area contributed by atoms with Crippen molar-refractivity contribution in [2.24, 2.45) is 5.92 Å². The second-order valence-electron chi connectivity index (χ2n) is 4.78. The van der Waals surface area contributed by atoms with Crippen LogP contribution in [0.2, 0.25) is 0 Å². The van der Waals surface area contributed by atoms with Crippen molar-refractivity contribution < 1.29 is 4.74 Å². The molecule has 3 nitrogen and oxygen atoms in total. The zero-order valence-corrected chi connectivity index (χ0v) is 12.0. The molecule has 0 radical (unpaired) electrons. The summed E-state index contributed by atoms with van der Waals surface area (Å²) in [4.78, 5) is 6.69. The highest BCUT2D eigenvalue weighted by atomic mass is 79.9. The van der Waals surface area contributed by atoms with E-state index < -0.39 is 0 Å². The zero-order valence-electron chi connectivity index (χ0n) is 10.4. The van der Waals surface area contributed by atoms with Crippen molar-refractivity contribution in [3.8, 4) is 0 Å². The number of anilines is 1. The molecule has 0 aromatic carbocycles. The Balaban J connectivity index is 2.00. The van der Waals surface area contributed by atoms with E-state index in [2.05, 4.69) is 45.9 Å². The van der Waals surface area contributed by atoms with E-state index in [4.69, 9.17) is 4.74 Å². The number of rotatable bonds is 3. The maximum atomic E-state index is 5.51. The molecule has 1 unspecified atom stereocenters. The summed E-state index contributed by atoms with van der Waals surface area (Å²) in [5.74, 6) is 1.64. The van der Waals surface area contributed by atoms with Crippen LogP contribution in [0.5, 0.6) is 0 Å². The SMILES string of the molecule is Cc1cnc(N(C)CC2CCCOC2)c(Br)c1. The predicted octanol–water partition coefficient (Wildman–Crippen LogP) is 3.02. The molecule has 0 bridgehead atoms. The van der Waals surface area contributed by atoms with Crippen molar-refractivity contribution in [2.75, 3.05) is 31.7 Å². The van der Waals surface area contributed by atoms with Crippen LogP contribution in [0.1, 0.15) is 18.4 Å². The van der Waals surface area contributed by atoms with Crippen molar-refractivity contribution in [3.05, 3.63) is 22.3 Å². The fourth-order valence-corrected chi connectivity index (χ4v) is 3.00. The number of ether oxygens (including phenoxy) is 1. The van der Waals surface area contributed by atoms with Crippen LogP contribution in [0.25, 0.3) is 0 Å². The lowest BCUT2D eigenvalue weighted by molar-refractivity contribution is 0.0576. The maximum Gasteiger partial charge on any atom is 0.142 e. The monoisotopic (exact) mass is 298 g/mol. The van der Waals surface area contributed by atoms with Gasteiger partial charge >= 0.3 is 0 Å². The molecule has 1 fully saturated rings. The minimum atomic E-state index is 0.628. The smallest absolute Gasteiger partial charge is 0.142 e. The molecule has 1 atom stereocenters. The Labute approximate surface area is 111 Å². The molecule has 94 valence electrons. The van der Waals surface area contributed by atoms with Gasteiger partial charge in [0.1, 0.15) is 5.82 Å². The predicted molar refractivity (Wildman–Crippen MR) is 73.5 cm³/mol. The third-order valence-corrected chi connectivity index (χ3v) is 3.69. The van der Waals surface area contributed by atoms with Crippen LogP contribution in [0.4, 0.5) is 5.82 Å². The largest absolute Gasteiger partial charge is 0.381 e. The van der Waals surface area contributed by atoms with Gasteiger partial charge in [-0.3, -0.25) is 0 Å². The average molecular weight is 299 g/mol. The van der Waals surface area contributed by atoms with Crippen LogP contribution in [0.15, 0.2) is 16.7 Å². The fraction of sp³-hybridized carbons (Fsp3) is 0.615. The Bertz CT molecular complexity index is 378. The number of pyridine rings is 1. The Morgan fingerprint density at radius 3 is 3.06 bits per heavy atom. The molecule has 0 N–H and O–H groups in total. The van der Waals surface area contributed by atoms with Gasteiger partial charge in [-0.15, -0.1) is 0 Å². The topological polar surface area (TPSA) is 25.4 Å². The van der Waals surface area contributed by atoms with Gasteiger partial charge in [-0.25, -0.2) is 4.98 Å². The normalized spacial score (nSPS) is 20.3. The summed E-state index contributed by atoms with van der Waals surface area (Å²) < 4.78 is 6.58. The third kappa shape index (κ3) is 3.42. The van der Waals surface area contributed by atoms with Crippen molar-refractivity contribution >= 4 is 21.7 Å². The standard InChI is InChI=1S/C13H19BrN2O/c1-10-6-12(14)13(15-7-10)16(2)8-11-4-3-5-17-9-11/h6-7,11H,3-5,8-9H2,1-2H3. The van der Waals surface area contributed by atoms with Gasteiger partial charge in [-0.2, -0.15) is 0 Å². The quantitative estimate of drug-likeness (QED) is 0.858. The minimum Gasteiger partial charge on any atom is -0.381 e. The zero-order chi connectivity index (χ0) is 12.3. The summed E-state index contributed by atoms with van der Waals surface area (Å²) in [5, 5.41) is 0. The first-order valence-electron chi connectivity index (χ1n) is 6.08. The first-order chi connectivity index (χ1) is 8.16. The molecule has 2 heterocycles. The molecule has 0 aliphatic carbocycles. The minimum absolute atomic E-state index is 0.628. The Morgan fingerprint density at radius 2 is 2.41 bits per heavy atom. The second kappa shape index (κ2) is 5.83. The summed E-state index contributed by atoms with van der Waals surface area (Å²) in [6.45, 7) is 4.87. The van der Waals surface area contributed by atoms with Gasteiger partial charge in [-0.05, 0) is 53.2 Å². The van der Waals surface area contributed by atoms with Gasteiger partial charge in [-0.1, -0.05) is 0 Å². The van der Waals surface area contributed by atoms with Gasteiger partial charge in [0.25, 0.3) is 0 Å². The molecule has 0 amide bonds. The van der Waals surface area contributed by atoms with Gasteiger partial charge in [0, 0.05) is 26.4 Å². The highest BCUT2D eigenvalue weighted by molar-refractivity contribution is 9.10. The van der Waals surface area contributed by atoms with Crippen molar-refractivity contribution in [2.45, 2.75) is 19.8 Å². The first kappa shape index (κ1) is 12.8. The summed E-state index contributed by atoms with van der Waals surface area (Å²) in [6.07, 6.45) is 4.35. The fourth-order valence-electron chi connectivity index (χ4n) is 2.23. The van der Waals surface area contributed by atoms with E-state index in [0.717, 1.165) is 30.0 Å². The molecule has 1 saturated heterocycles. The van der Waals surface area contributed by atoms with Crippen LogP contribution in [-0.2, 0) is 4.74 Å². The second-order valence-corrected chi connectivity index (χ2v) is 5.64. The van der Waals surface area contributed by atoms with Crippen molar-refractivity contribution in [1.29, 1.82) is 0 Å². The van der Waals surface area contributed by atoms with Gasteiger partial charge in [0.05, 0.1) is 11.1 Å². The Hall–Kier alpha value is -0.610. The van der Waals surface area contributed by atoms with Crippen LogP contribution in [-0.4, -0.2) is 31.8 Å². The molecule has 1 aliphatic rings. The van der Waals surface area contributed by atoms with Gasteiger partial charge < -0.3 is 9.64 Å². The highest BCUT2D eigenvalue weighted by Crippen LogP contribution is 2.25. The average Bonchev–Trinajstić information content (AvgIpc) is 2.30. The molecule has 1 aromatic rings. The molecule has 0 saturated carbocycles. The number of halogens is 1. The lowest BCUT2D eigenvalue weighted by atomic mass is 10.0. The number of nitrogens with zero attached hydrogens (tertiary/aromatic N) is 2. The molecular weight excluding hydrogens is 280 g/mol. The van der Waals surface area contributed by atoms with Crippen LogP contribution in [0, 0.1) is 12.8 Å². The van der Waals surface area contributed by atoms with Crippen LogP contribution < -0.4 is 4.90 Å². The van der Waals surface area contributed by atoms with Crippen LogP contribution in [0.3, 0.4) is 0 Å². The summed E-state index contributed by atoms with van der Waals surface area (Å²) in [6, 6.07) is 2.11. The Morgan fingerprint density at radius 1 is 1.59 bits per heavy atom. The Kier molecular flexibility index (Phi) is 4.40. The molecule has 0 spiro atoms. The van der Waals surface area contributed by atoms with Crippen molar-refractivity contribution in [3.63, 3.8) is 0 Å². The summed E-state index contributed by atoms with van der Waals surface area (Å²) in [5.41, 5.74) is 1.18. The van der Waals surface area contributed by atoms with Gasteiger partial charge in [0.15, 0.2) is 0 Å². The summed E-state index contributed by atoms with van der Waals surface area (Å²) in [7, 11) is 2.09. The van der Waals surface area contributed by atoms with E-state index in [1.807, 2.05) is 6.20 Å². The van der Waals surface area contributed by atoms with Crippen LogP contribution >= 0.6 is 15.9 Å². The lowest BCUT2D eigenvalue weighted by Gasteiger charge is -2.28. The molecule has 2 rings (SSSR count). The van der Waals surface area contributed by atoms with E-state index in [-0.39, 0.29) is 0 Å². The summed E-state index contributed by atoms with van der Waals surface area (Å²) >= 11 is 3.58. The van der Waals surface area contributed by atoms with Gasteiger partial charge in [0.2, 0.25) is 0 Å². The first-order valence-corrected chi connectivity index (χ1v) is 6.87. The van der Waals surface area contributed by atoms with E-state index >= 15 is 0 Å². The highest BCUT2D eigenvalue weighted by Gasteiger charge is 2.17. The number of hydrogen-bond donors (Lipinski definition) is 0. The van der Waals surface area contributed by atoms with E-state index in [1.165, 1.54) is 18.4 Å². The number of aromatic nitrogens is 1. The van der Waals surface area contributed by atoms with E-state index in [0.29, 0.717) is 5.92 Å². The molecule has 1 aliphatic heterocycles.